The average molecular weight is 600 g/mol. The Morgan fingerprint density at radius 2 is 1.76 bits per heavy atom. The minimum absolute atomic E-state index is 0.0145. The number of anilines is 1. The first kappa shape index (κ1) is 31.4. The van der Waals surface area contributed by atoms with Gasteiger partial charge in [-0.1, -0.05) is 11.6 Å². The fraction of sp³-hybridized carbons (Fsp3) is 0.296. The monoisotopic (exact) mass is 599 g/mol. The molecule has 2 N–H and O–H groups in total. The van der Waals surface area contributed by atoms with E-state index >= 15 is 0 Å². The Labute approximate surface area is 237 Å². The maximum absolute atomic E-state index is 14.4. The van der Waals surface area contributed by atoms with Crippen LogP contribution in [-0.2, 0) is 9.53 Å². The molecule has 3 aromatic rings. The lowest BCUT2D eigenvalue weighted by molar-refractivity contribution is -0.153. The molecular weight excluding hydrogens is 574 g/mol. The van der Waals surface area contributed by atoms with Gasteiger partial charge in [-0.2, -0.15) is 13.2 Å². The third-order valence-corrected chi connectivity index (χ3v) is 6.06. The fourth-order valence-corrected chi connectivity index (χ4v) is 4.08. The van der Waals surface area contributed by atoms with E-state index in [1.807, 2.05) is 0 Å². The second-order valence-corrected chi connectivity index (χ2v) is 9.04. The van der Waals surface area contributed by atoms with Crippen LogP contribution >= 0.6 is 11.6 Å². The molecule has 3 rings (SSSR count). The van der Waals surface area contributed by atoms with Crippen LogP contribution in [0.15, 0.2) is 53.5 Å². The lowest BCUT2D eigenvalue weighted by atomic mass is 10.0. The summed E-state index contributed by atoms with van der Waals surface area (Å²) in [6, 6.07) is 7.28. The van der Waals surface area contributed by atoms with Crippen molar-refractivity contribution >= 4 is 29.1 Å². The maximum Gasteiger partial charge on any atom is 0.422 e. The van der Waals surface area contributed by atoms with Gasteiger partial charge < -0.3 is 24.8 Å². The van der Waals surface area contributed by atoms with Gasteiger partial charge in [-0.3, -0.25) is 19.0 Å². The number of nitrogens with one attached hydrogen (secondary N) is 2. The number of nitrogens with zero attached hydrogens (tertiary/aromatic N) is 1. The number of methoxy groups -OCH3 is 2. The summed E-state index contributed by atoms with van der Waals surface area (Å²) in [7, 11) is 4.02. The topological polar surface area (TPSA) is 108 Å². The summed E-state index contributed by atoms with van der Waals surface area (Å²) in [5, 5.41) is 4.99. The number of halogens is 5. The Balaban J connectivity index is 2.02. The van der Waals surface area contributed by atoms with Crippen LogP contribution in [0, 0.1) is 5.82 Å². The normalized spacial score (nSPS) is 12.0. The van der Waals surface area contributed by atoms with Crippen LogP contribution in [0.2, 0.25) is 5.02 Å². The second kappa shape index (κ2) is 13.5. The highest BCUT2D eigenvalue weighted by Gasteiger charge is 2.30. The summed E-state index contributed by atoms with van der Waals surface area (Å²) in [6.07, 6.45) is -3.38. The SMILES string of the molecule is CNC(=O)c1ccc(NC(=O)C(CCOC)n2cc(OC)c(-c3cc(Cl)ccc3OCC(F)(F)F)cc2=O)cc1F. The molecule has 1 heterocycles. The third kappa shape index (κ3) is 7.98. The van der Waals surface area contributed by atoms with Gasteiger partial charge in [0, 0.05) is 55.1 Å². The zero-order valence-electron chi connectivity index (χ0n) is 22.1. The van der Waals surface area contributed by atoms with Crippen molar-refractivity contribution in [3.05, 3.63) is 75.4 Å². The Hall–Kier alpha value is -4.10. The number of pyridine rings is 1. The number of hydrogen-bond donors (Lipinski definition) is 2. The molecule has 41 heavy (non-hydrogen) atoms. The predicted octanol–water partition coefficient (Wildman–Crippen LogP) is 4.83. The minimum Gasteiger partial charge on any atom is -0.495 e. The summed E-state index contributed by atoms with van der Waals surface area (Å²) in [6.45, 7) is -1.52. The van der Waals surface area contributed by atoms with E-state index in [1.165, 1.54) is 57.8 Å². The van der Waals surface area contributed by atoms with E-state index < -0.39 is 42.0 Å². The standard InChI is InChI=1S/C27H26ClF4N3O6/c1-33-25(37)17-6-5-16(11-20(17)29)34-26(38)21(8-9-39-2)35-13-23(40-3)19(12-24(35)36)18-10-15(28)4-7-22(18)41-14-27(30,31)32/h4-7,10-13,21H,8-9,14H2,1-3H3,(H,33,37)(H,34,38). The van der Waals surface area contributed by atoms with Crippen molar-refractivity contribution in [3.8, 4) is 22.6 Å². The van der Waals surface area contributed by atoms with Gasteiger partial charge in [0.2, 0.25) is 5.91 Å². The molecule has 0 fully saturated rings. The van der Waals surface area contributed by atoms with Crippen LogP contribution in [0.25, 0.3) is 11.1 Å². The molecule has 9 nitrogen and oxygen atoms in total. The third-order valence-electron chi connectivity index (χ3n) is 5.83. The van der Waals surface area contributed by atoms with Gasteiger partial charge in [0.15, 0.2) is 6.61 Å². The number of hydrogen-bond acceptors (Lipinski definition) is 6. The summed E-state index contributed by atoms with van der Waals surface area (Å²) < 4.78 is 69.4. The molecule has 2 aromatic carbocycles. The lowest BCUT2D eigenvalue weighted by Crippen LogP contribution is -2.34. The molecule has 0 spiro atoms. The number of aromatic nitrogens is 1. The predicted molar refractivity (Wildman–Crippen MR) is 143 cm³/mol. The van der Waals surface area contributed by atoms with Crippen LogP contribution in [0.3, 0.4) is 0 Å². The van der Waals surface area contributed by atoms with E-state index in [0.29, 0.717) is 0 Å². The zero-order valence-corrected chi connectivity index (χ0v) is 22.9. The number of amides is 2. The molecule has 1 unspecified atom stereocenters. The van der Waals surface area contributed by atoms with Crippen LogP contribution in [0.4, 0.5) is 23.2 Å². The summed E-state index contributed by atoms with van der Waals surface area (Å²) in [5.41, 5.74) is -0.763. The van der Waals surface area contributed by atoms with Gasteiger partial charge in [0.25, 0.3) is 11.5 Å². The molecular formula is C27H26ClF4N3O6. The Bertz CT molecular complexity index is 1480. The number of rotatable bonds is 11. The van der Waals surface area contributed by atoms with E-state index in [4.69, 9.17) is 25.8 Å². The van der Waals surface area contributed by atoms with Gasteiger partial charge in [0.1, 0.15) is 23.4 Å². The van der Waals surface area contributed by atoms with E-state index in [0.717, 1.165) is 16.7 Å². The van der Waals surface area contributed by atoms with Crippen molar-refractivity contribution < 1.29 is 41.4 Å². The van der Waals surface area contributed by atoms with Crippen molar-refractivity contribution in [1.82, 2.24) is 9.88 Å². The van der Waals surface area contributed by atoms with E-state index in [1.54, 1.807) is 0 Å². The summed E-state index contributed by atoms with van der Waals surface area (Å²) >= 11 is 6.08. The van der Waals surface area contributed by atoms with Crippen LogP contribution in [0.5, 0.6) is 11.5 Å². The first-order valence-electron chi connectivity index (χ1n) is 12.0. The molecule has 0 saturated carbocycles. The molecule has 0 aliphatic heterocycles. The molecule has 1 aromatic heterocycles. The average Bonchev–Trinajstić information content (AvgIpc) is 2.92. The number of carbonyl (C=O) groups is 2. The second-order valence-electron chi connectivity index (χ2n) is 8.61. The Morgan fingerprint density at radius 1 is 1.05 bits per heavy atom. The minimum atomic E-state index is -4.61. The quantitative estimate of drug-likeness (QED) is 0.306. The molecule has 0 bridgehead atoms. The lowest BCUT2D eigenvalue weighted by Gasteiger charge is -2.22. The van der Waals surface area contributed by atoms with E-state index in [2.05, 4.69) is 10.6 Å². The molecule has 1 atom stereocenters. The van der Waals surface area contributed by atoms with Crippen LogP contribution in [0.1, 0.15) is 22.8 Å². The molecule has 0 aliphatic rings. The number of carbonyl (C=O) groups excluding carboxylic acids is 2. The van der Waals surface area contributed by atoms with Crippen LogP contribution < -0.4 is 25.7 Å². The Morgan fingerprint density at radius 3 is 2.37 bits per heavy atom. The van der Waals surface area contributed by atoms with Crippen molar-refractivity contribution in [2.75, 3.05) is 39.8 Å². The first-order chi connectivity index (χ1) is 19.4. The zero-order chi connectivity index (χ0) is 30.3. The van der Waals surface area contributed by atoms with Gasteiger partial charge in [-0.15, -0.1) is 0 Å². The summed E-state index contributed by atoms with van der Waals surface area (Å²) in [5.74, 6) is -2.39. The molecule has 0 aliphatic carbocycles. The molecule has 0 radical (unpaired) electrons. The van der Waals surface area contributed by atoms with Crippen molar-refractivity contribution in [3.63, 3.8) is 0 Å². The maximum atomic E-state index is 14.4. The first-order valence-corrected chi connectivity index (χ1v) is 12.4. The van der Waals surface area contributed by atoms with Gasteiger partial charge >= 0.3 is 6.18 Å². The number of alkyl halides is 3. The smallest absolute Gasteiger partial charge is 0.422 e. The number of benzene rings is 2. The van der Waals surface area contributed by atoms with Crippen molar-refractivity contribution in [1.29, 1.82) is 0 Å². The largest absolute Gasteiger partial charge is 0.495 e. The fourth-order valence-electron chi connectivity index (χ4n) is 3.91. The van der Waals surface area contributed by atoms with Crippen LogP contribution in [-0.4, -0.2) is 57.0 Å². The molecule has 0 saturated heterocycles. The van der Waals surface area contributed by atoms with Crippen molar-refractivity contribution in [2.24, 2.45) is 0 Å². The molecule has 2 amide bonds. The highest BCUT2D eigenvalue weighted by molar-refractivity contribution is 6.31. The molecule has 14 heteroatoms. The molecule has 220 valence electrons. The van der Waals surface area contributed by atoms with Gasteiger partial charge in [-0.05, 0) is 36.4 Å². The van der Waals surface area contributed by atoms with E-state index in [-0.39, 0.29) is 51.9 Å². The van der Waals surface area contributed by atoms with Gasteiger partial charge in [-0.25, -0.2) is 4.39 Å². The highest BCUT2D eigenvalue weighted by atomic mass is 35.5. The highest BCUT2D eigenvalue weighted by Crippen LogP contribution is 2.38. The Kier molecular flexibility index (Phi) is 10.4. The van der Waals surface area contributed by atoms with E-state index in [9.17, 15) is 31.9 Å². The van der Waals surface area contributed by atoms with Crippen molar-refractivity contribution in [2.45, 2.75) is 18.6 Å². The number of ether oxygens (including phenoxy) is 3. The van der Waals surface area contributed by atoms with Gasteiger partial charge in [0.05, 0.1) is 18.9 Å². The summed E-state index contributed by atoms with van der Waals surface area (Å²) in [4.78, 5) is 38.3.